The predicted molar refractivity (Wildman–Crippen MR) is 126 cm³/mol. The fourth-order valence-corrected chi connectivity index (χ4v) is 5.19. The highest BCUT2D eigenvalue weighted by Crippen LogP contribution is 2.48. The minimum atomic E-state index is -1.16. The summed E-state index contributed by atoms with van der Waals surface area (Å²) in [7, 11) is 4.42. The van der Waals surface area contributed by atoms with Crippen LogP contribution in [0.5, 0.6) is 17.2 Å². The number of anilines is 2. The van der Waals surface area contributed by atoms with Crippen molar-refractivity contribution in [2.75, 3.05) is 44.6 Å². The lowest BCUT2D eigenvalue weighted by molar-refractivity contribution is -0.119. The van der Waals surface area contributed by atoms with Crippen LogP contribution >= 0.6 is 0 Å². The second kappa shape index (κ2) is 9.25. The number of piperidine rings is 1. The molecule has 1 saturated heterocycles. The molecule has 2 aliphatic rings. The standard InChI is InChI=1S/C24H29N5O5/c1-12-8-13(2)11-29(10-12)24-27-21-18(23(31)28-24)17(15(9-25)22(30)26-21)14-6-7-16(32-3)20(34-5)19(14)33-4/h6-7,12-13,15,17H,8,10-11H2,1-5H3,(H2,26,27,28,30,31). The molecule has 2 aliphatic heterocycles. The molecule has 0 aliphatic carbocycles. The molecule has 0 bridgehead atoms. The van der Waals surface area contributed by atoms with Gasteiger partial charge in [0.1, 0.15) is 11.7 Å². The Bertz CT molecular complexity index is 1190. The Balaban J connectivity index is 1.89. The first-order valence-corrected chi connectivity index (χ1v) is 11.2. The van der Waals surface area contributed by atoms with E-state index in [1.807, 2.05) is 11.0 Å². The lowest BCUT2D eigenvalue weighted by atomic mass is 9.78. The Morgan fingerprint density at radius 3 is 2.32 bits per heavy atom. The third-order valence-electron chi connectivity index (χ3n) is 6.49. The molecule has 34 heavy (non-hydrogen) atoms. The summed E-state index contributed by atoms with van der Waals surface area (Å²) in [5.74, 6) is -0.110. The van der Waals surface area contributed by atoms with E-state index in [0.717, 1.165) is 19.5 Å². The third kappa shape index (κ3) is 3.91. The Morgan fingerprint density at radius 1 is 1.06 bits per heavy atom. The Morgan fingerprint density at radius 2 is 1.74 bits per heavy atom. The van der Waals surface area contributed by atoms with Gasteiger partial charge >= 0.3 is 0 Å². The molecular weight excluding hydrogens is 438 g/mol. The van der Waals surface area contributed by atoms with E-state index in [1.165, 1.54) is 21.3 Å². The van der Waals surface area contributed by atoms with E-state index in [1.54, 1.807) is 12.1 Å². The first kappa shape index (κ1) is 23.4. The fraction of sp³-hybridized carbons (Fsp3) is 0.500. The first-order valence-electron chi connectivity index (χ1n) is 11.2. The maximum Gasteiger partial charge on any atom is 0.258 e. The second-order valence-electron chi connectivity index (χ2n) is 9.00. The van der Waals surface area contributed by atoms with Gasteiger partial charge in [-0.15, -0.1) is 0 Å². The lowest BCUT2D eigenvalue weighted by Gasteiger charge is -2.36. The van der Waals surface area contributed by atoms with Gasteiger partial charge in [-0.1, -0.05) is 19.9 Å². The maximum absolute atomic E-state index is 13.4. The highest BCUT2D eigenvalue weighted by Gasteiger charge is 2.42. The van der Waals surface area contributed by atoms with Gasteiger partial charge in [-0.3, -0.25) is 14.6 Å². The number of fused-ring (bicyclic) bond motifs is 1. The fourth-order valence-electron chi connectivity index (χ4n) is 5.19. The van der Waals surface area contributed by atoms with E-state index < -0.39 is 23.3 Å². The van der Waals surface area contributed by atoms with Crippen molar-refractivity contribution in [2.24, 2.45) is 17.8 Å². The van der Waals surface area contributed by atoms with E-state index in [-0.39, 0.29) is 17.1 Å². The van der Waals surface area contributed by atoms with Crippen molar-refractivity contribution in [3.05, 3.63) is 33.6 Å². The Labute approximate surface area is 197 Å². The number of carbonyl (C=O) groups excluding carboxylic acids is 1. The van der Waals surface area contributed by atoms with Crippen LogP contribution < -0.4 is 30.0 Å². The first-order chi connectivity index (χ1) is 16.3. The number of hydrogen-bond donors (Lipinski definition) is 2. The van der Waals surface area contributed by atoms with Crippen LogP contribution in [0.1, 0.15) is 37.3 Å². The smallest absolute Gasteiger partial charge is 0.258 e. The summed E-state index contributed by atoms with van der Waals surface area (Å²) in [6.45, 7) is 5.84. The number of ether oxygens (including phenoxy) is 3. The molecule has 0 saturated carbocycles. The van der Waals surface area contributed by atoms with Gasteiger partial charge in [0.2, 0.25) is 17.6 Å². The van der Waals surface area contributed by atoms with E-state index in [9.17, 15) is 14.9 Å². The van der Waals surface area contributed by atoms with Gasteiger partial charge in [0.25, 0.3) is 5.56 Å². The summed E-state index contributed by atoms with van der Waals surface area (Å²) in [6, 6.07) is 5.38. The van der Waals surface area contributed by atoms with Crippen molar-refractivity contribution in [2.45, 2.75) is 26.2 Å². The van der Waals surface area contributed by atoms with Crippen molar-refractivity contribution in [1.82, 2.24) is 9.97 Å². The molecule has 1 fully saturated rings. The van der Waals surface area contributed by atoms with Gasteiger partial charge in [-0.05, 0) is 24.3 Å². The van der Waals surface area contributed by atoms with Gasteiger partial charge in [0.05, 0.1) is 33.0 Å². The number of nitrogens with zero attached hydrogens (tertiary/aromatic N) is 3. The van der Waals surface area contributed by atoms with Crippen molar-refractivity contribution >= 4 is 17.7 Å². The average molecular weight is 468 g/mol. The number of nitrogens with one attached hydrogen (secondary N) is 2. The number of rotatable bonds is 5. The number of hydrogen-bond acceptors (Lipinski definition) is 8. The quantitative estimate of drug-likeness (QED) is 0.686. The monoisotopic (exact) mass is 467 g/mol. The highest BCUT2D eigenvalue weighted by atomic mass is 16.5. The number of benzene rings is 1. The van der Waals surface area contributed by atoms with E-state index in [0.29, 0.717) is 34.8 Å². The zero-order chi connectivity index (χ0) is 24.6. The molecule has 2 aromatic rings. The van der Waals surface area contributed by atoms with Gasteiger partial charge in [-0.2, -0.15) is 10.2 Å². The molecule has 10 heteroatoms. The third-order valence-corrected chi connectivity index (χ3v) is 6.49. The van der Waals surface area contributed by atoms with Crippen LogP contribution in [0.4, 0.5) is 11.8 Å². The number of aromatic nitrogens is 2. The molecule has 180 valence electrons. The number of methoxy groups -OCH3 is 3. The number of nitriles is 1. The molecule has 1 amide bonds. The van der Waals surface area contributed by atoms with Crippen LogP contribution in [0.25, 0.3) is 0 Å². The highest BCUT2D eigenvalue weighted by molar-refractivity contribution is 5.98. The van der Waals surface area contributed by atoms with Crippen LogP contribution in [0.15, 0.2) is 16.9 Å². The number of H-pyrrole nitrogens is 1. The molecule has 4 unspecified atom stereocenters. The predicted octanol–water partition coefficient (Wildman–Crippen LogP) is 2.50. The van der Waals surface area contributed by atoms with Crippen LogP contribution in [0.3, 0.4) is 0 Å². The molecule has 10 nitrogen and oxygen atoms in total. The largest absolute Gasteiger partial charge is 0.493 e. The van der Waals surface area contributed by atoms with Crippen molar-refractivity contribution in [3.8, 4) is 23.3 Å². The summed E-state index contributed by atoms with van der Waals surface area (Å²) < 4.78 is 16.4. The summed E-state index contributed by atoms with van der Waals surface area (Å²) >= 11 is 0. The van der Waals surface area contributed by atoms with E-state index >= 15 is 0 Å². The summed E-state index contributed by atoms with van der Waals surface area (Å²) in [5, 5.41) is 12.5. The number of carbonyl (C=O) groups is 1. The Kier molecular flexibility index (Phi) is 6.37. The minimum Gasteiger partial charge on any atom is -0.493 e. The lowest BCUT2D eigenvalue weighted by Crippen LogP contribution is -2.43. The molecular formula is C24H29N5O5. The van der Waals surface area contributed by atoms with E-state index in [2.05, 4.69) is 29.1 Å². The van der Waals surface area contributed by atoms with Crippen LogP contribution in [0.2, 0.25) is 0 Å². The van der Waals surface area contributed by atoms with Crippen LogP contribution in [-0.4, -0.2) is 50.3 Å². The van der Waals surface area contributed by atoms with Crippen molar-refractivity contribution in [1.29, 1.82) is 5.26 Å². The van der Waals surface area contributed by atoms with Crippen molar-refractivity contribution in [3.63, 3.8) is 0 Å². The molecule has 1 aromatic carbocycles. The van der Waals surface area contributed by atoms with E-state index in [4.69, 9.17) is 14.2 Å². The second-order valence-corrected chi connectivity index (χ2v) is 9.00. The normalized spacial score (nSPS) is 24.0. The van der Waals surface area contributed by atoms with Gasteiger partial charge in [0.15, 0.2) is 11.5 Å². The molecule has 4 atom stereocenters. The maximum atomic E-state index is 13.4. The molecule has 0 spiro atoms. The summed E-state index contributed by atoms with van der Waals surface area (Å²) in [5.41, 5.74) is 0.259. The SMILES string of the molecule is COc1ccc(C2c3c(nc(N4CC(C)CC(C)C4)[nH]c3=O)NC(=O)C2C#N)c(OC)c1OC. The number of amides is 1. The topological polar surface area (TPSA) is 130 Å². The molecule has 2 N–H and O–H groups in total. The zero-order valence-corrected chi connectivity index (χ0v) is 20.0. The van der Waals surface area contributed by atoms with Gasteiger partial charge in [-0.25, -0.2) is 0 Å². The van der Waals surface area contributed by atoms with Crippen LogP contribution in [0, 0.1) is 29.1 Å². The number of aromatic amines is 1. The molecule has 3 heterocycles. The zero-order valence-electron chi connectivity index (χ0n) is 20.0. The molecule has 0 radical (unpaired) electrons. The van der Waals surface area contributed by atoms with Gasteiger partial charge in [0, 0.05) is 24.6 Å². The van der Waals surface area contributed by atoms with Crippen LogP contribution in [-0.2, 0) is 4.79 Å². The van der Waals surface area contributed by atoms with Gasteiger partial charge < -0.3 is 24.4 Å². The molecule has 4 rings (SSSR count). The Hall–Kier alpha value is -3.74. The summed E-state index contributed by atoms with van der Waals surface area (Å²) in [6.07, 6.45) is 1.10. The van der Waals surface area contributed by atoms with Crippen molar-refractivity contribution < 1.29 is 19.0 Å². The average Bonchev–Trinajstić information content (AvgIpc) is 2.81. The summed E-state index contributed by atoms with van der Waals surface area (Å²) in [4.78, 5) is 36.0. The minimum absolute atomic E-state index is 0.156. The molecule has 1 aromatic heterocycles.